The van der Waals surface area contributed by atoms with Crippen molar-refractivity contribution in [3.05, 3.63) is 65.0 Å². The number of nitrogens with zero attached hydrogens (tertiary/aromatic N) is 1. The predicted octanol–water partition coefficient (Wildman–Crippen LogP) is 3.51. The fourth-order valence-electron chi connectivity index (χ4n) is 4.76. The number of benzene rings is 2. The van der Waals surface area contributed by atoms with Gasteiger partial charge in [0.15, 0.2) is 11.6 Å². The van der Waals surface area contributed by atoms with Crippen LogP contribution in [0.15, 0.2) is 42.5 Å². The Hall–Kier alpha value is -2.44. The number of hydrogen-bond donors (Lipinski definition) is 2. The first-order valence-corrected chi connectivity index (χ1v) is 11.2. The molecule has 0 aromatic heterocycles. The molecule has 1 unspecified atom stereocenters. The van der Waals surface area contributed by atoms with Crippen LogP contribution in [0.5, 0.6) is 5.75 Å². The van der Waals surface area contributed by atoms with Crippen molar-refractivity contribution in [3.63, 3.8) is 0 Å². The maximum absolute atomic E-state index is 13.5. The third kappa shape index (κ3) is 5.25. The van der Waals surface area contributed by atoms with E-state index in [-0.39, 0.29) is 11.7 Å². The summed E-state index contributed by atoms with van der Waals surface area (Å²) in [6, 6.07) is 13.5. The number of ether oxygens (including phenoxy) is 1. The number of β-amino-alcohol motifs (C(OH)–C–C–N with tert-alkyl or cyclic N) is 1. The number of hydrogen-bond acceptors (Lipinski definition) is 4. The van der Waals surface area contributed by atoms with Crippen molar-refractivity contribution in [2.45, 2.75) is 50.2 Å². The molecule has 2 N–H and O–H groups in total. The smallest absolute Gasteiger partial charge is 0.253 e. The minimum Gasteiger partial charge on any atom is -0.494 e. The maximum Gasteiger partial charge on any atom is 0.253 e. The van der Waals surface area contributed by atoms with Crippen molar-refractivity contribution in [1.29, 1.82) is 0 Å². The van der Waals surface area contributed by atoms with Crippen LogP contribution in [-0.4, -0.2) is 54.8 Å². The van der Waals surface area contributed by atoms with E-state index in [2.05, 4.69) is 17.4 Å². The Labute approximate surface area is 183 Å². The van der Waals surface area contributed by atoms with E-state index in [1.54, 1.807) is 11.0 Å². The molecule has 1 saturated heterocycles. The quantitative estimate of drug-likeness (QED) is 0.711. The minimum atomic E-state index is -0.392. The van der Waals surface area contributed by atoms with E-state index in [9.17, 15) is 14.3 Å². The van der Waals surface area contributed by atoms with Crippen LogP contribution in [0.1, 0.15) is 53.1 Å². The van der Waals surface area contributed by atoms with Gasteiger partial charge in [0.1, 0.15) is 0 Å². The second-order valence-electron chi connectivity index (χ2n) is 8.70. The van der Waals surface area contributed by atoms with Crippen LogP contribution in [0.2, 0.25) is 0 Å². The summed E-state index contributed by atoms with van der Waals surface area (Å²) in [7, 11) is 1.48. The molecule has 2 fully saturated rings. The summed E-state index contributed by atoms with van der Waals surface area (Å²) in [4.78, 5) is 14.3. The van der Waals surface area contributed by atoms with Gasteiger partial charge in [-0.25, -0.2) is 4.39 Å². The summed E-state index contributed by atoms with van der Waals surface area (Å²) >= 11 is 0. The maximum atomic E-state index is 13.5. The summed E-state index contributed by atoms with van der Waals surface area (Å²) in [5.74, 6) is 0.470. The number of nitrogens with one attached hydrogen (secondary N) is 1. The number of methoxy groups -OCH3 is 1. The van der Waals surface area contributed by atoms with Crippen LogP contribution in [0, 0.1) is 5.82 Å². The van der Waals surface area contributed by atoms with Gasteiger partial charge in [0.25, 0.3) is 5.91 Å². The van der Waals surface area contributed by atoms with Crippen molar-refractivity contribution >= 4 is 5.91 Å². The van der Waals surface area contributed by atoms with Crippen molar-refractivity contribution in [2.75, 3.05) is 26.7 Å². The summed E-state index contributed by atoms with van der Waals surface area (Å²) in [6.07, 6.45) is 4.45. The Morgan fingerprint density at radius 3 is 2.71 bits per heavy atom. The molecule has 3 atom stereocenters. The van der Waals surface area contributed by atoms with Gasteiger partial charge in [-0.2, -0.15) is 0 Å². The molecule has 6 heteroatoms. The first-order valence-electron chi connectivity index (χ1n) is 11.2. The number of halogens is 1. The number of aliphatic hydroxyl groups excluding tert-OH is 1. The number of carbonyl (C=O) groups excluding carboxylic acids is 1. The van der Waals surface area contributed by atoms with Crippen molar-refractivity contribution in [1.82, 2.24) is 10.2 Å². The summed E-state index contributed by atoms with van der Waals surface area (Å²) in [5, 5.41) is 13.3. The summed E-state index contributed by atoms with van der Waals surface area (Å²) < 4.78 is 18.6. The van der Waals surface area contributed by atoms with Gasteiger partial charge in [-0.3, -0.25) is 4.79 Å². The second kappa shape index (κ2) is 9.79. The largest absolute Gasteiger partial charge is 0.494 e. The monoisotopic (exact) mass is 426 g/mol. The van der Waals surface area contributed by atoms with E-state index in [4.69, 9.17) is 4.74 Å². The van der Waals surface area contributed by atoms with E-state index in [1.165, 1.54) is 18.7 Å². The summed E-state index contributed by atoms with van der Waals surface area (Å²) in [5.41, 5.74) is 3.04. The van der Waals surface area contributed by atoms with Crippen molar-refractivity contribution in [3.8, 4) is 5.75 Å². The molecule has 0 bridgehead atoms. The molecule has 4 rings (SSSR count). The number of amides is 1. The minimum absolute atomic E-state index is 0.00601. The van der Waals surface area contributed by atoms with Crippen LogP contribution in [-0.2, 0) is 6.42 Å². The topological polar surface area (TPSA) is 61.8 Å². The van der Waals surface area contributed by atoms with Gasteiger partial charge < -0.3 is 20.1 Å². The van der Waals surface area contributed by atoms with Gasteiger partial charge in [0.2, 0.25) is 0 Å². The van der Waals surface area contributed by atoms with Crippen LogP contribution >= 0.6 is 0 Å². The molecule has 2 aromatic carbocycles. The lowest BCUT2D eigenvalue weighted by Gasteiger charge is -2.17. The average Bonchev–Trinajstić information content (AvgIpc) is 3.44. The molecule has 166 valence electrons. The third-order valence-electron chi connectivity index (χ3n) is 6.57. The predicted molar refractivity (Wildman–Crippen MR) is 118 cm³/mol. The van der Waals surface area contributed by atoms with E-state index in [1.807, 2.05) is 18.2 Å². The zero-order valence-electron chi connectivity index (χ0n) is 18.0. The molecular formula is C25H31FN2O3. The third-order valence-corrected chi connectivity index (χ3v) is 6.57. The highest BCUT2D eigenvalue weighted by Gasteiger charge is 2.27. The van der Waals surface area contributed by atoms with Crippen molar-refractivity contribution < 1.29 is 19.0 Å². The Morgan fingerprint density at radius 1 is 1.19 bits per heavy atom. The van der Waals surface area contributed by atoms with Gasteiger partial charge >= 0.3 is 0 Å². The fourth-order valence-corrected chi connectivity index (χ4v) is 4.76. The molecule has 2 aliphatic rings. The molecule has 1 saturated carbocycles. The molecule has 0 spiro atoms. The lowest BCUT2D eigenvalue weighted by Crippen LogP contribution is -2.29. The molecule has 1 aliphatic carbocycles. The zero-order chi connectivity index (χ0) is 21.8. The Kier molecular flexibility index (Phi) is 6.88. The summed E-state index contributed by atoms with van der Waals surface area (Å²) in [6.45, 7) is 1.91. The molecule has 31 heavy (non-hydrogen) atoms. The first kappa shape index (κ1) is 21.8. The van der Waals surface area contributed by atoms with Crippen LogP contribution in [0.3, 0.4) is 0 Å². The van der Waals surface area contributed by atoms with E-state index < -0.39 is 6.10 Å². The van der Waals surface area contributed by atoms with Gasteiger partial charge in [0.05, 0.1) is 13.2 Å². The zero-order valence-corrected chi connectivity index (χ0v) is 18.0. The second-order valence-corrected chi connectivity index (χ2v) is 8.70. The number of carbonyl (C=O) groups is 1. The van der Waals surface area contributed by atoms with Crippen LogP contribution < -0.4 is 10.1 Å². The lowest BCUT2D eigenvalue weighted by molar-refractivity contribution is 0.0765. The molecule has 1 aliphatic heterocycles. The fraction of sp³-hybridized carbons (Fsp3) is 0.480. The van der Waals surface area contributed by atoms with Gasteiger partial charge in [-0.15, -0.1) is 0 Å². The molecule has 1 heterocycles. The van der Waals surface area contributed by atoms with Gasteiger partial charge in [-0.05, 0) is 80.0 Å². The molecule has 5 nitrogen and oxygen atoms in total. The SMILES string of the molecule is COc1cc(CCN[C@H]2CC[C@@H](c3ccc(C(=O)N4CCC(O)C4)cc3)C2)ccc1F. The van der Waals surface area contributed by atoms with Crippen molar-refractivity contribution in [2.24, 2.45) is 0 Å². The Balaban J connectivity index is 1.25. The van der Waals surface area contributed by atoms with Crippen LogP contribution in [0.4, 0.5) is 4.39 Å². The van der Waals surface area contributed by atoms with E-state index in [0.29, 0.717) is 42.8 Å². The lowest BCUT2D eigenvalue weighted by atomic mass is 9.96. The standard InChI is InChI=1S/C25H31FN2O3/c1-31-24-14-17(2-9-23(24)26)10-12-27-21-8-7-20(15-21)18-3-5-19(6-4-18)25(30)28-13-11-22(29)16-28/h2-6,9,14,20-22,27,29H,7-8,10-13,15-16H2,1H3/t20-,21+,22?/m1/s1. The van der Waals surface area contributed by atoms with E-state index in [0.717, 1.165) is 37.8 Å². The van der Waals surface area contributed by atoms with Gasteiger partial charge in [0, 0.05) is 24.7 Å². The molecule has 1 amide bonds. The molecule has 0 radical (unpaired) electrons. The van der Waals surface area contributed by atoms with Gasteiger partial charge in [-0.1, -0.05) is 18.2 Å². The highest BCUT2D eigenvalue weighted by molar-refractivity contribution is 5.94. The molecule has 2 aromatic rings. The average molecular weight is 427 g/mol. The Morgan fingerprint density at radius 2 is 2.00 bits per heavy atom. The highest BCUT2D eigenvalue weighted by Crippen LogP contribution is 2.34. The normalized spacial score (nSPS) is 23.3. The first-order chi connectivity index (χ1) is 15.0. The van der Waals surface area contributed by atoms with Crippen LogP contribution in [0.25, 0.3) is 0 Å². The molecular weight excluding hydrogens is 395 g/mol. The Bertz CT molecular complexity index is 902. The number of likely N-dealkylation sites (tertiary alicyclic amines) is 1. The van der Waals surface area contributed by atoms with E-state index >= 15 is 0 Å². The number of rotatable bonds is 7. The highest BCUT2D eigenvalue weighted by atomic mass is 19.1. The number of aliphatic hydroxyl groups is 1.